The van der Waals surface area contributed by atoms with Crippen LogP contribution in [0.25, 0.3) is 0 Å². The molecule has 3 nitrogen and oxygen atoms in total. The van der Waals surface area contributed by atoms with Crippen molar-refractivity contribution in [2.24, 2.45) is 0 Å². The van der Waals surface area contributed by atoms with Gasteiger partial charge in [0.2, 0.25) is 0 Å². The zero-order valence-corrected chi connectivity index (χ0v) is 10.5. The minimum atomic E-state index is 0.790. The average molecular weight is 233 g/mol. The van der Waals surface area contributed by atoms with E-state index < -0.39 is 0 Å². The molecule has 0 saturated carbocycles. The Bertz CT molecular complexity index is 360. The molecular formula is C14H19NO2. The lowest BCUT2D eigenvalue weighted by atomic mass is 10.2. The quantitative estimate of drug-likeness (QED) is 0.578. The number of ether oxygens (including phenoxy) is 2. The molecule has 0 atom stereocenters. The fourth-order valence-electron chi connectivity index (χ4n) is 1.52. The second-order valence-electron chi connectivity index (χ2n) is 3.71. The summed E-state index contributed by atoms with van der Waals surface area (Å²) in [7, 11) is 3.30. The van der Waals surface area contributed by atoms with Gasteiger partial charge < -0.3 is 14.8 Å². The normalized spacial score (nSPS) is 9.71. The molecule has 1 N–H and O–H groups in total. The smallest absolute Gasteiger partial charge is 0.122 e. The zero-order valence-electron chi connectivity index (χ0n) is 10.5. The van der Waals surface area contributed by atoms with Gasteiger partial charge in [-0.1, -0.05) is 0 Å². The molecule has 1 rings (SSSR count). The number of hydrogen-bond acceptors (Lipinski definition) is 3. The highest BCUT2D eigenvalue weighted by Crippen LogP contribution is 2.22. The first kappa shape index (κ1) is 13.4. The molecular weight excluding hydrogens is 214 g/mol. The molecule has 92 valence electrons. The molecule has 0 aliphatic heterocycles. The third kappa shape index (κ3) is 4.80. The predicted molar refractivity (Wildman–Crippen MR) is 69.3 cm³/mol. The van der Waals surface area contributed by atoms with Crippen LogP contribution in [0.15, 0.2) is 18.2 Å². The van der Waals surface area contributed by atoms with Crippen LogP contribution in [0, 0.1) is 12.3 Å². The van der Waals surface area contributed by atoms with E-state index in [0.717, 1.165) is 43.0 Å². The van der Waals surface area contributed by atoms with Gasteiger partial charge in [0.1, 0.15) is 11.5 Å². The molecule has 0 amide bonds. The second kappa shape index (κ2) is 7.59. The third-order valence-corrected chi connectivity index (χ3v) is 2.42. The van der Waals surface area contributed by atoms with Gasteiger partial charge in [-0.3, -0.25) is 0 Å². The molecule has 0 unspecified atom stereocenters. The maximum absolute atomic E-state index is 5.21. The van der Waals surface area contributed by atoms with E-state index in [9.17, 15) is 0 Å². The van der Waals surface area contributed by atoms with Gasteiger partial charge in [0.15, 0.2) is 0 Å². The van der Waals surface area contributed by atoms with Crippen LogP contribution in [0.5, 0.6) is 11.5 Å². The maximum Gasteiger partial charge on any atom is 0.122 e. The number of benzene rings is 1. The number of hydrogen-bond donors (Lipinski definition) is 1. The number of nitrogens with one attached hydrogen (secondary N) is 1. The van der Waals surface area contributed by atoms with E-state index in [0.29, 0.717) is 0 Å². The topological polar surface area (TPSA) is 30.5 Å². The van der Waals surface area contributed by atoms with Crippen LogP contribution in [0.3, 0.4) is 0 Å². The van der Waals surface area contributed by atoms with E-state index in [1.807, 2.05) is 18.2 Å². The Hall–Kier alpha value is -1.66. The Kier molecular flexibility index (Phi) is 5.98. The lowest BCUT2D eigenvalue weighted by Gasteiger charge is -2.09. The van der Waals surface area contributed by atoms with Gasteiger partial charge in [-0.25, -0.2) is 0 Å². The number of unbranched alkanes of at least 4 members (excludes halogenated alkanes) is 1. The van der Waals surface area contributed by atoms with Crippen LogP contribution in [-0.2, 0) is 6.54 Å². The first-order chi connectivity index (χ1) is 8.30. The molecule has 0 saturated heterocycles. The summed E-state index contributed by atoms with van der Waals surface area (Å²) in [5.74, 6) is 4.24. The van der Waals surface area contributed by atoms with E-state index in [-0.39, 0.29) is 0 Å². The summed E-state index contributed by atoms with van der Waals surface area (Å²) in [6, 6.07) is 5.86. The van der Waals surface area contributed by atoms with Crippen LogP contribution < -0.4 is 14.8 Å². The monoisotopic (exact) mass is 233 g/mol. The fraction of sp³-hybridized carbons (Fsp3) is 0.429. The van der Waals surface area contributed by atoms with Gasteiger partial charge in [-0.05, 0) is 30.7 Å². The summed E-state index contributed by atoms with van der Waals surface area (Å²) in [4.78, 5) is 0. The van der Waals surface area contributed by atoms with E-state index in [1.54, 1.807) is 14.2 Å². The first-order valence-corrected chi connectivity index (χ1v) is 5.66. The van der Waals surface area contributed by atoms with Gasteiger partial charge in [0.05, 0.1) is 14.2 Å². The predicted octanol–water partition coefficient (Wildman–Crippen LogP) is 2.21. The summed E-state index contributed by atoms with van der Waals surface area (Å²) in [6.07, 6.45) is 7.00. The van der Waals surface area contributed by atoms with Crippen molar-refractivity contribution in [1.82, 2.24) is 5.32 Å². The summed E-state index contributed by atoms with van der Waals surface area (Å²) in [5, 5.41) is 3.33. The number of rotatable bonds is 7. The molecule has 0 aliphatic rings. The Labute approximate surface area is 103 Å². The number of methoxy groups -OCH3 is 2. The second-order valence-corrected chi connectivity index (χ2v) is 3.71. The largest absolute Gasteiger partial charge is 0.497 e. The summed E-state index contributed by atoms with van der Waals surface area (Å²) in [5.41, 5.74) is 1.14. The zero-order chi connectivity index (χ0) is 12.5. The Morgan fingerprint density at radius 2 is 1.82 bits per heavy atom. The van der Waals surface area contributed by atoms with Crippen LogP contribution >= 0.6 is 0 Å². The first-order valence-electron chi connectivity index (χ1n) is 5.66. The number of terminal acetylenes is 1. The average Bonchev–Trinajstić information content (AvgIpc) is 2.38. The van der Waals surface area contributed by atoms with Crippen molar-refractivity contribution in [3.8, 4) is 23.8 Å². The molecule has 0 radical (unpaired) electrons. The van der Waals surface area contributed by atoms with Crippen molar-refractivity contribution in [2.75, 3.05) is 20.8 Å². The summed E-state index contributed by atoms with van der Waals surface area (Å²) >= 11 is 0. The minimum absolute atomic E-state index is 0.790. The van der Waals surface area contributed by atoms with E-state index in [1.165, 1.54) is 0 Å². The van der Waals surface area contributed by atoms with E-state index in [2.05, 4.69) is 11.2 Å². The van der Waals surface area contributed by atoms with Crippen LogP contribution in [0.2, 0.25) is 0 Å². The van der Waals surface area contributed by atoms with Crippen molar-refractivity contribution in [3.05, 3.63) is 23.8 Å². The lowest BCUT2D eigenvalue weighted by molar-refractivity contribution is 0.393. The van der Waals surface area contributed by atoms with Crippen molar-refractivity contribution in [1.29, 1.82) is 0 Å². The molecule has 0 fully saturated rings. The molecule has 3 heteroatoms. The molecule has 1 aromatic carbocycles. The molecule has 0 aromatic heterocycles. The Morgan fingerprint density at radius 3 is 2.35 bits per heavy atom. The molecule has 0 bridgehead atoms. The summed E-state index contributed by atoms with van der Waals surface area (Å²) < 4.78 is 10.4. The Balaban J connectivity index is 2.49. The molecule has 1 aromatic rings. The van der Waals surface area contributed by atoms with Gasteiger partial charge in [0.25, 0.3) is 0 Å². The molecule has 17 heavy (non-hydrogen) atoms. The van der Waals surface area contributed by atoms with Crippen LogP contribution in [0.1, 0.15) is 18.4 Å². The highest BCUT2D eigenvalue weighted by Gasteiger charge is 2.01. The molecule has 0 aliphatic carbocycles. The van der Waals surface area contributed by atoms with Crippen LogP contribution in [0.4, 0.5) is 0 Å². The minimum Gasteiger partial charge on any atom is -0.497 e. The molecule has 0 spiro atoms. The highest BCUT2D eigenvalue weighted by atomic mass is 16.5. The maximum atomic E-state index is 5.21. The van der Waals surface area contributed by atoms with E-state index >= 15 is 0 Å². The van der Waals surface area contributed by atoms with Gasteiger partial charge >= 0.3 is 0 Å². The standard InChI is InChI=1S/C14H19NO2/c1-4-5-6-7-15-11-12-8-13(16-2)10-14(9-12)17-3/h1,8-10,15H,5-7,11H2,2-3H3. The van der Waals surface area contributed by atoms with Crippen molar-refractivity contribution >= 4 is 0 Å². The van der Waals surface area contributed by atoms with Gasteiger partial charge in [0, 0.05) is 19.0 Å². The fourth-order valence-corrected chi connectivity index (χ4v) is 1.52. The van der Waals surface area contributed by atoms with Gasteiger partial charge in [-0.2, -0.15) is 0 Å². The third-order valence-electron chi connectivity index (χ3n) is 2.42. The van der Waals surface area contributed by atoms with Crippen LogP contribution in [-0.4, -0.2) is 20.8 Å². The Morgan fingerprint density at radius 1 is 1.18 bits per heavy atom. The van der Waals surface area contributed by atoms with Crippen molar-refractivity contribution in [2.45, 2.75) is 19.4 Å². The van der Waals surface area contributed by atoms with Gasteiger partial charge in [-0.15, -0.1) is 12.3 Å². The van der Waals surface area contributed by atoms with E-state index in [4.69, 9.17) is 15.9 Å². The SMILES string of the molecule is C#CCCCNCc1cc(OC)cc(OC)c1. The van der Waals surface area contributed by atoms with Crippen molar-refractivity contribution < 1.29 is 9.47 Å². The molecule has 0 heterocycles. The highest BCUT2D eigenvalue weighted by molar-refractivity contribution is 5.38. The lowest BCUT2D eigenvalue weighted by Crippen LogP contribution is -2.14. The summed E-state index contributed by atoms with van der Waals surface area (Å²) in [6.45, 7) is 1.71. The van der Waals surface area contributed by atoms with Crippen molar-refractivity contribution in [3.63, 3.8) is 0 Å².